The Balaban J connectivity index is 1.63. The number of aryl methyl sites for hydroxylation is 1. The first-order valence-corrected chi connectivity index (χ1v) is 11.1. The van der Waals surface area contributed by atoms with Crippen molar-refractivity contribution in [2.45, 2.75) is 52.8 Å². The van der Waals surface area contributed by atoms with Crippen molar-refractivity contribution in [3.05, 3.63) is 70.9 Å². The Morgan fingerprint density at radius 2 is 1.78 bits per heavy atom. The Hall–Kier alpha value is -3.25. The molecule has 0 saturated carbocycles. The van der Waals surface area contributed by atoms with Gasteiger partial charge < -0.3 is 10.1 Å². The predicted octanol–water partition coefficient (Wildman–Crippen LogP) is 4.49. The number of pyridine rings is 1. The molecule has 1 N–H and O–H groups in total. The number of ether oxygens (including phenoxy) is 1. The monoisotopic (exact) mass is 431 g/mol. The van der Waals surface area contributed by atoms with Crippen LogP contribution in [0.15, 0.2) is 48.5 Å². The highest BCUT2D eigenvalue weighted by atomic mass is 16.5. The largest absolute Gasteiger partial charge is 0.449 e. The minimum atomic E-state index is -0.936. The van der Waals surface area contributed by atoms with Crippen LogP contribution in [0.5, 0.6) is 0 Å². The van der Waals surface area contributed by atoms with Crippen LogP contribution >= 0.6 is 0 Å². The van der Waals surface area contributed by atoms with Gasteiger partial charge in [-0.2, -0.15) is 0 Å². The molecule has 1 aromatic heterocycles. The number of benzene rings is 2. The van der Waals surface area contributed by atoms with Crippen molar-refractivity contribution in [3.63, 3.8) is 0 Å². The fraction of sp³-hybridized carbons (Fsp3) is 0.346. The summed E-state index contributed by atoms with van der Waals surface area (Å²) >= 11 is 0. The SMILES string of the molecule is Cc1ccccc1NC(=O)C(C)OC(=O)c1c2c(nc3ccccc13)CCN(C(C)C)C2. The first kappa shape index (κ1) is 22.0. The minimum absolute atomic E-state index is 0.358. The fourth-order valence-electron chi connectivity index (χ4n) is 4.11. The molecule has 3 aromatic rings. The predicted molar refractivity (Wildman–Crippen MR) is 126 cm³/mol. The Kier molecular flexibility index (Phi) is 6.24. The number of rotatable bonds is 5. The standard InChI is InChI=1S/C26H29N3O3/c1-16(2)29-14-13-23-20(15-29)24(19-10-6-8-12-22(19)27-23)26(31)32-18(4)25(30)28-21-11-7-5-9-17(21)3/h5-12,16,18H,13-15H2,1-4H3,(H,28,30). The van der Waals surface area contributed by atoms with E-state index in [0.29, 0.717) is 23.8 Å². The van der Waals surface area contributed by atoms with Crippen molar-refractivity contribution in [2.75, 3.05) is 11.9 Å². The maximum atomic E-state index is 13.4. The molecular weight excluding hydrogens is 402 g/mol. The maximum absolute atomic E-state index is 13.4. The van der Waals surface area contributed by atoms with E-state index >= 15 is 0 Å². The molecule has 0 spiro atoms. The molecule has 1 aliphatic rings. The van der Waals surface area contributed by atoms with Crippen LogP contribution in [-0.2, 0) is 22.5 Å². The second-order valence-corrected chi connectivity index (χ2v) is 8.60. The summed E-state index contributed by atoms with van der Waals surface area (Å²) in [5.74, 6) is -0.846. The molecule has 0 radical (unpaired) electrons. The van der Waals surface area contributed by atoms with Crippen molar-refractivity contribution >= 4 is 28.5 Å². The zero-order valence-electron chi connectivity index (χ0n) is 19.0. The van der Waals surface area contributed by atoms with Crippen LogP contribution in [0.3, 0.4) is 0 Å². The van der Waals surface area contributed by atoms with Gasteiger partial charge in [0.1, 0.15) is 0 Å². The molecule has 0 fully saturated rings. The molecule has 6 nitrogen and oxygen atoms in total. The van der Waals surface area contributed by atoms with E-state index in [1.165, 1.54) is 0 Å². The van der Waals surface area contributed by atoms with Crippen molar-refractivity contribution in [1.29, 1.82) is 0 Å². The summed E-state index contributed by atoms with van der Waals surface area (Å²) in [4.78, 5) is 33.3. The Morgan fingerprint density at radius 3 is 2.53 bits per heavy atom. The zero-order valence-corrected chi connectivity index (χ0v) is 19.0. The molecule has 6 heteroatoms. The van der Waals surface area contributed by atoms with E-state index in [0.717, 1.165) is 40.7 Å². The number of amides is 1. The summed E-state index contributed by atoms with van der Waals surface area (Å²) in [5, 5.41) is 3.61. The van der Waals surface area contributed by atoms with Gasteiger partial charge in [-0.1, -0.05) is 36.4 Å². The summed E-state index contributed by atoms with van der Waals surface area (Å²) in [6, 6.07) is 15.5. The second kappa shape index (κ2) is 9.09. The third kappa shape index (κ3) is 4.36. The van der Waals surface area contributed by atoms with Gasteiger partial charge in [0.2, 0.25) is 0 Å². The van der Waals surface area contributed by atoms with Gasteiger partial charge in [-0.25, -0.2) is 4.79 Å². The first-order chi connectivity index (χ1) is 15.3. The van der Waals surface area contributed by atoms with Gasteiger partial charge in [0.05, 0.1) is 11.1 Å². The minimum Gasteiger partial charge on any atom is -0.449 e. The number of nitrogens with one attached hydrogen (secondary N) is 1. The average Bonchev–Trinajstić information content (AvgIpc) is 2.78. The Labute approximate surface area is 188 Å². The van der Waals surface area contributed by atoms with E-state index in [2.05, 4.69) is 24.1 Å². The fourth-order valence-corrected chi connectivity index (χ4v) is 4.11. The van der Waals surface area contributed by atoms with Gasteiger partial charge in [-0.05, 0) is 45.4 Å². The first-order valence-electron chi connectivity index (χ1n) is 11.1. The van der Waals surface area contributed by atoms with Crippen LogP contribution in [0, 0.1) is 6.92 Å². The van der Waals surface area contributed by atoms with Crippen molar-refractivity contribution in [1.82, 2.24) is 9.88 Å². The van der Waals surface area contributed by atoms with Crippen molar-refractivity contribution in [2.24, 2.45) is 0 Å². The summed E-state index contributed by atoms with van der Waals surface area (Å²) in [7, 11) is 0. The van der Waals surface area contributed by atoms with Gasteiger partial charge in [0.25, 0.3) is 5.91 Å². The molecular formula is C26H29N3O3. The van der Waals surface area contributed by atoms with E-state index < -0.39 is 12.1 Å². The van der Waals surface area contributed by atoms with E-state index in [1.54, 1.807) is 6.92 Å². The molecule has 4 rings (SSSR count). The van der Waals surface area contributed by atoms with Gasteiger partial charge >= 0.3 is 5.97 Å². The van der Waals surface area contributed by atoms with Crippen LogP contribution in [0.1, 0.15) is 48.0 Å². The molecule has 166 valence electrons. The quantitative estimate of drug-likeness (QED) is 0.603. The van der Waals surface area contributed by atoms with E-state index in [1.807, 2.05) is 55.5 Å². The molecule has 2 heterocycles. The summed E-state index contributed by atoms with van der Waals surface area (Å²) in [6.45, 7) is 9.35. The van der Waals surface area contributed by atoms with E-state index in [9.17, 15) is 9.59 Å². The molecule has 0 saturated heterocycles. The lowest BCUT2D eigenvalue weighted by Gasteiger charge is -2.32. The lowest BCUT2D eigenvalue weighted by molar-refractivity contribution is -0.123. The number of aromatic nitrogens is 1. The highest BCUT2D eigenvalue weighted by Crippen LogP contribution is 2.30. The normalized spacial score (nSPS) is 14.8. The highest BCUT2D eigenvalue weighted by Gasteiger charge is 2.29. The number of nitrogens with zero attached hydrogens (tertiary/aromatic N) is 2. The Morgan fingerprint density at radius 1 is 1.06 bits per heavy atom. The number of hydrogen-bond acceptors (Lipinski definition) is 5. The van der Waals surface area contributed by atoms with Gasteiger partial charge in [-0.15, -0.1) is 0 Å². The number of fused-ring (bicyclic) bond motifs is 2. The van der Waals surface area contributed by atoms with Crippen molar-refractivity contribution < 1.29 is 14.3 Å². The maximum Gasteiger partial charge on any atom is 0.339 e. The number of carbonyl (C=O) groups excluding carboxylic acids is 2. The number of para-hydroxylation sites is 2. The molecule has 32 heavy (non-hydrogen) atoms. The second-order valence-electron chi connectivity index (χ2n) is 8.60. The van der Waals surface area contributed by atoms with Gasteiger partial charge in [-0.3, -0.25) is 14.7 Å². The van der Waals surface area contributed by atoms with Crippen LogP contribution < -0.4 is 5.32 Å². The lowest BCUT2D eigenvalue weighted by atomic mass is 9.95. The molecule has 0 aliphatic carbocycles. The smallest absolute Gasteiger partial charge is 0.339 e. The van der Waals surface area contributed by atoms with Crippen LogP contribution in [0.2, 0.25) is 0 Å². The topological polar surface area (TPSA) is 71.5 Å². The highest BCUT2D eigenvalue weighted by molar-refractivity contribution is 6.06. The van der Waals surface area contributed by atoms with Crippen LogP contribution in [-0.4, -0.2) is 40.5 Å². The lowest BCUT2D eigenvalue weighted by Crippen LogP contribution is -2.37. The number of hydrogen-bond donors (Lipinski definition) is 1. The molecule has 1 amide bonds. The van der Waals surface area contributed by atoms with Crippen molar-refractivity contribution in [3.8, 4) is 0 Å². The zero-order chi connectivity index (χ0) is 22.8. The third-order valence-corrected chi connectivity index (χ3v) is 6.07. The molecule has 1 unspecified atom stereocenters. The summed E-state index contributed by atoms with van der Waals surface area (Å²) in [6.07, 6.45) is -0.156. The molecule has 2 aromatic carbocycles. The molecule has 1 atom stereocenters. The van der Waals surface area contributed by atoms with Crippen LogP contribution in [0.4, 0.5) is 5.69 Å². The average molecular weight is 432 g/mol. The summed E-state index contributed by atoms with van der Waals surface area (Å²) in [5.41, 5.74) is 4.78. The van der Waals surface area contributed by atoms with Gasteiger partial charge in [0.15, 0.2) is 6.10 Å². The van der Waals surface area contributed by atoms with Gasteiger partial charge in [0, 0.05) is 47.9 Å². The Bertz CT molecular complexity index is 1170. The number of esters is 1. The third-order valence-electron chi connectivity index (χ3n) is 6.07. The molecule has 0 bridgehead atoms. The van der Waals surface area contributed by atoms with E-state index in [-0.39, 0.29) is 5.91 Å². The van der Waals surface area contributed by atoms with Crippen LogP contribution in [0.25, 0.3) is 10.9 Å². The molecule has 1 aliphatic heterocycles. The number of carbonyl (C=O) groups is 2. The number of anilines is 1. The summed E-state index contributed by atoms with van der Waals surface area (Å²) < 4.78 is 5.68. The van der Waals surface area contributed by atoms with E-state index in [4.69, 9.17) is 9.72 Å².